The van der Waals surface area contributed by atoms with Gasteiger partial charge in [0.15, 0.2) is 0 Å². The molecule has 22 heavy (non-hydrogen) atoms. The van der Waals surface area contributed by atoms with Crippen LogP contribution >= 0.6 is 0 Å². The number of halogens is 8. The molecule has 0 unspecified atom stereocenters. The molecule has 0 rings (SSSR count). The zero-order valence-corrected chi connectivity index (χ0v) is 12.1. The first-order chi connectivity index (χ1) is 9.37. The fraction of sp³-hybridized carbons (Fsp3) is 1.00. The monoisotopic (exact) mass is 388 g/mol. The number of nitrogens with one attached hydrogen (secondary N) is 2. The van der Waals surface area contributed by atoms with Gasteiger partial charge in [-0.25, -0.2) is 26.3 Å². The van der Waals surface area contributed by atoms with Gasteiger partial charge in [-0.15, -0.1) is 0 Å². The highest BCUT2D eigenvalue weighted by atomic mass is 32.2. The SMILES string of the molecule is CNS(=O)(=O)C(F)(F)C(F)(F)C(F)(F)C(F)(F)S(=O)(=O)NC. The molecule has 0 radical (unpaired) electrons. The van der Waals surface area contributed by atoms with Crippen molar-refractivity contribution in [3.8, 4) is 0 Å². The van der Waals surface area contributed by atoms with Crippen LogP contribution < -0.4 is 9.44 Å². The molecule has 134 valence electrons. The zero-order valence-electron chi connectivity index (χ0n) is 10.5. The number of hydrogen-bond donors (Lipinski definition) is 2. The van der Waals surface area contributed by atoms with Crippen molar-refractivity contribution in [3.05, 3.63) is 0 Å². The molecule has 16 heteroatoms. The molecule has 0 aliphatic heterocycles. The second-order valence-electron chi connectivity index (χ2n) is 3.60. The van der Waals surface area contributed by atoms with Gasteiger partial charge in [-0.1, -0.05) is 0 Å². The largest absolute Gasteiger partial charge is 0.427 e. The van der Waals surface area contributed by atoms with Crippen LogP contribution in [0.5, 0.6) is 0 Å². The topological polar surface area (TPSA) is 92.3 Å². The second kappa shape index (κ2) is 5.41. The van der Waals surface area contributed by atoms with Crippen molar-refractivity contribution in [2.45, 2.75) is 22.4 Å². The van der Waals surface area contributed by atoms with E-state index in [0.717, 1.165) is 0 Å². The van der Waals surface area contributed by atoms with Gasteiger partial charge in [-0.05, 0) is 14.1 Å². The van der Waals surface area contributed by atoms with E-state index >= 15 is 0 Å². The number of hydrogen-bond acceptors (Lipinski definition) is 4. The first kappa shape index (κ1) is 21.3. The van der Waals surface area contributed by atoms with Crippen molar-refractivity contribution >= 4 is 20.0 Å². The van der Waals surface area contributed by atoms with Gasteiger partial charge in [-0.3, -0.25) is 0 Å². The number of alkyl halides is 8. The van der Waals surface area contributed by atoms with E-state index < -0.39 is 42.4 Å². The second-order valence-corrected chi connectivity index (χ2v) is 7.45. The zero-order chi connectivity index (χ0) is 18.4. The minimum Gasteiger partial charge on any atom is -0.213 e. The Morgan fingerprint density at radius 2 is 0.773 bits per heavy atom. The van der Waals surface area contributed by atoms with Gasteiger partial charge in [0.25, 0.3) is 20.0 Å². The van der Waals surface area contributed by atoms with Crippen LogP contribution in [-0.4, -0.2) is 53.3 Å². The summed E-state index contributed by atoms with van der Waals surface area (Å²) in [5, 5.41) is -13.5. The van der Waals surface area contributed by atoms with E-state index in [0.29, 0.717) is 9.44 Å². The number of rotatable bonds is 7. The Labute approximate surface area is 119 Å². The van der Waals surface area contributed by atoms with E-state index in [-0.39, 0.29) is 14.1 Å². The summed E-state index contributed by atoms with van der Waals surface area (Å²) in [4.78, 5) is 0. The summed E-state index contributed by atoms with van der Waals surface area (Å²) in [6.07, 6.45) is 0. The molecule has 0 aliphatic rings. The highest BCUT2D eigenvalue weighted by molar-refractivity contribution is 7.91. The average molecular weight is 388 g/mol. The predicted octanol–water partition coefficient (Wildman–Crippen LogP) is 0.541. The third-order valence-electron chi connectivity index (χ3n) is 2.34. The maximum atomic E-state index is 13.1. The first-order valence-corrected chi connectivity index (χ1v) is 7.71. The summed E-state index contributed by atoms with van der Waals surface area (Å²) in [7, 11) is -12.8. The van der Waals surface area contributed by atoms with E-state index in [9.17, 15) is 52.0 Å². The Bertz CT molecular complexity index is 573. The molecule has 0 heterocycles. The van der Waals surface area contributed by atoms with Crippen molar-refractivity contribution in [2.24, 2.45) is 0 Å². The lowest BCUT2D eigenvalue weighted by Crippen LogP contribution is -2.68. The molecule has 0 aliphatic carbocycles. The lowest BCUT2D eigenvalue weighted by Gasteiger charge is -2.35. The molecule has 0 atom stereocenters. The van der Waals surface area contributed by atoms with Crippen LogP contribution in [0.2, 0.25) is 0 Å². The van der Waals surface area contributed by atoms with E-state index in [1.165, 1.54) is 0 Å². The minimum absolute atomic E-state index is 0.125. The van der Waals surface area contributed by atoms with Crippen LogP contribution in [-0.2, 0) is 20.0 Å². The molecule has 0 aromatic rings. The fourth-order valence-electron chi connectivity index (χ4n) is 0.959. The Morgan fingerprint density at radius 3 is 0.909 bits per heavy atom. The third kappa shape index (κ3) is 2.54. The minimum atomic E-state index is -7.27. The normalized spacial score (nSPS) is 15.9. The van der Waals surface area contributed by atoms with Gasteiger partial charge in [0.05, 0.1) is 0 Å². The lowest BCUT2D eigenvalue weighted by atomic mass is 10.2. The fourth-order valence-corrected chi connectivity index (χ4v) is 2.40. The molecule has 0 saturated carbocycles. The standard InChI is InChI=1S/C6H8F8N2O4S2/c1-15-21(17,18)5(11,12)3(7,8)4(9,10)6(13,14)22(19,20)16-2/h15-16H,1-2H3. The van der Waals surface area contributed by atoms with Crippen molar-refractivity contribution in [1.29, 1.82) is 0 Å². The van der Waals surface area contributed by atoms with Crippen molar-refractivity contribution < 1.29 is 52.0 Å². The maximum Gasteiger partial charge on any atom is 0.427 e. The summed E-state index contributed by atoms with van der Waals surface area (Å²) in [6.45, 7) is 0. The molecule has 0 saturated heterocycles. The molecular weight excluding hydrogens is 380 g/mol. The molecule has 0 amide bonds. The van der Waals surface area contributed by atoms with Gasteiger partial charge in [0, 0.05) is 0 Å². The predicted molar refractivity (Wildman–Crippen MR) is 55.7 cm³/mol. The van der Waals surface area contributed by atoms with Crippen LogP contribution in [0.3, 0.4) is 0 Å². The van der Waals surface area contributed by atoms with Gasteiger partial charge in [0.1, 0.15) is 0 Å². The summed E-state index contributed by atoms with van der Waals surface area (Å²) in [5.74, 6) is -14.5. The van der Waals surface area contributed by atoms with Gasteiger partial charge in [-0.2, -0.15) is 35.1 Å². The quantitative estimate of drug-likeness (QED) is 0.623. The van der Waals surface area contributed by atoms with Gasteiger partial charge in [0.2, 0.25) is 0 Å². The lowest BCUT2D eigenvalue weighted by molar-refractivity contribution is -0.326. The molecular formula is C6H8F8N2O4S2. The molecule has 0 bridgehead atoms. The summed E-state index contributed by atoms with van der Waals surface area (Å²) < 4.78 is 149. The van der Waals surface area contributed by atoms with E-state index in [1.54, 1.807) is 0 Å². The number of sulfonamides is 2. The van der Waals surface area contributed by atoms with Crippen LogP contribution in [0.25, 0.3) is 0 Å². The third-order valence-corrected chi connectivity index (χ3v) is 5.28. The van der Waals surface area contributed by atoms with Gasteiger partial charge < -0.3 is 0 Å². The van der Waals surface area contributed by atoms with Crippen LogP contribution in [0, 0.1) is 0 Å². The Hall–Kier alpha value is -0.740. The maximum absolute atomic E-state index is 13.1. The van der Waals surface area contributed by atoms with Crippen molar-refractivity contribution in [1.82, 2.24) is 9.44 Å². The van der Waals surface area contributed by atoms with E-state index in [4.69, 9.17) is 0 Å². The molecule has 0 aromatic carbocycles. The van der Waals surface area contributed by atoms with E-state index in [2.05, 4.69) is 0 Å². The Kier molecular flexibility index (Phi) is 5.23. The van der Waals surface area contributed by atoms with Crippen LogP contribution in [0.1, 0.15) is 0 Å². The molecule has 0 fully saturated rings. The summed E-state index contributed by atoms with van der Waals surface area (Å²) in [6, 6.07) is 0. The summed E-state index contributed by atoms with van der Waals surface area (Å²) >= 11 is 0. The molecule has 0 aromatic heterocycles. The molecule has 0 spiro atoms. The van der Waals surface area contributed by atoms with Crippen LogP contribution in [0.15, 0.2) is 0 Å². The summed E-state index contributed by atoms with van der Waals surface area (Å²) in [5.41, 5.74) is 0. The van der Waals surface area contributed by atoms with Crippen molar-refractivity contribution in [2.75, 3.05) is 14.1 Å². The van der Waals surface area contributed by atoms with Crippen molar-refractivity contribution in [3.63, 3.8) is 0 Å². The highest BCUT2D eigenvalue weighted by Gasteiger charge is 2.87. The Balaban J connectivity index is 6.44. The van der Waals surface area contributed by atoms with Gasteiger partial charge >= 0.3 is 22.4 Å². The van der Waals surface area contributed by atoms with E-state index in [1.807, 2.05) is 0 Å². The molecule has 6 nitrogen and oxygen atoms in total. The smallest absolute Gasteiger partial charge is 0.213 e. The highest BCUT2D eigenvalue weighted by Crippen LogP contribution is 2.55. The molecule has 2 N–H and O–H groups in total. The first-order valence-electron chi connectivity index (χ1n) is 4.75. The Morgan fingerprint density at radius 1 is 0.591 bits per heavy atom. The average Bonchev–Trinajstić information content (AvgIpc) is 2.37. The van der Waals surface area contributed by atoms with Crippen LogP contribution in [0.4, 0.5) is 35.1 Å².